The van der Waals surface area contributed by atoms with Crippen molar-refractivity contribution in [1.29, 1.82) is 0 Å². The number of hydrogen-bond donors (Lipinski definition) is 1. The van der Waals surface area contributed by atoms with Crippen molar-refractivity contribution in [1.82, 2.24) is 14.9 Å². The van der Waals surface area contributed by atoms with Crippen LogP contribution >= 0.6 is 10.7 Å². The number of aromatic nitrogens is 2. The Balaban J connectivity index is 2.92. The molecule has 0 saturated heterocycles. The summed E-state index contributed by atoms with van der Waals surface area (Å²) in [5.41, 5.74) is 0. The molecule has 1 rings (SSSR count). The van der Waals surface area contributed by atoms with E-state index in [2.05, 4.69) is 10.3 Å². The molecular formula is C11H18ClN3O3S. The highest BCUT2D eigenvalue weighted by atomic mass is 35.7. The molecular weight excluding hydrogens is 290 g/mol. The molecule has 0 aromatic carbocycles. The Morgan fingerprint density at radius 1 is 1.42 bits per heavy atom. The number of aryl methyl sites for hydroxylation is 1. The Morgan fingerprint density at radius 2 is 2.11 bits per heavy atom. The van der Waals surface area contributed by atoms with Crippen LogP contribution < -0.4 is 5.32 Å². The average molecular weight is 308 g/mol. The first-order valence-electron chi connectivity index (χ1n) is 6.15. The van der Waals surface area contributed by atoms with Crippen LogP contribution in [0.3, 0.4) is 0 Å². The number of hydrogen-bond acceptors (Lipinski definition) is 4. The largest absolute Gasteiger partial charge is 0.355 e. The van der Waals surface area contributed by atoms with Crippen molar-refractivity contribution in [2.75, 3.05) is 6.54 Å². The van der Waals surface area contributed by atoms with Crippen LogP contribution in [-0.2, 0) is 26.8 Å². The Labute approximate surface area is 117 Å². The van der Waals surface area contributed by atoms with Crippen molar-refractivity contribution >= 4 is 25.6 Å². The minimum Gasteiger partial charge on any atom is -0.355 e. The minimum absolute atomic E-state index is 0.0503. The lowest BCUT2D eigenvalue weighted by molar-refractivity contribution is -0.121. The zero-order chi connectivity index (χ0) is 14.5. The van der Waals surface area contributed by atoms with Gasteiger partial charge >= 0.3 is 0 Å². The second-order valence-corrected chi connectivity index (χ2v) is 6.67. The second kappa shape index (κ2) is 6.91. The molecule has 0 fully saturated rings. The highest BCUT2D eigenvalue weighted by Gasteiger charge is 2.18. The number of imidazole rings is 1. The smallest absolute Gasteiger partial charge is 0.280 e. The summed E-state index contributed by atoms with van der Waals surface area (Å²) in [5, 5.41) is 2.52. The summed E-state index contributed by atoms with van der Waals surface area (Å²) in [6.07, 6.45) is 3.54. The monoisotopic (exact) mass is 307 g/mol. The fourth-order valence-electron chi connectivity index (χ4n) is 1.58. The van der Waals surface area contributed by atoms with Crippen molar-refractivity contribution in [2.45, 2.75) is 44.7 Å². The minimum atomic E-state index is -3.87. The maximum atomic E-state index is 11.6. The van der Waals surface area contributed by atoms with Crippen LogP contribution in [0, 0.1) is 0 Å². The summed E-state index contributed by atoms with van der Waals surface area (Å²) >= 11 is 0. The summed E-state index contributed by atoms with van der Waals surface area (Å²) in [5.74, 6) is 0.378. The Hall–Kier alpha value is -1.08. The third-order valence-corrected chi connectivity index (χ3v) is 3.62. The Morgan fingerprint density at radius 3 is 2.63 bits per heavy atom. The third-order valence-electron chi connectivity index (χ3n) is 2.45. The van der Waals surface area contributed by atoms with Gasteiger partial charge in [0.2, 0.25) is 5.91 Å². The van der Waals surface area contributed by atoms with Crippen LogP contribution in [-0.4, -0.2) is 30.4 Å². The number of carbonyl (C=O) groups excluding carboxylic acids is 1. The van der Waals surface area contributed by atoms with Gasteiger partial charge in [0.15, 0.2) is 5.03 Å². The molecule has 1 amide bonds. The zero-order valence-electron chi connectivity index (χ0n) is 11.0. The van der Waals surface area contributed by atoms with Crippen LogP contribution in [0.5, 0.6) is 0 Å². The van der Waals surface area contributed by atoms with Crippen molar-refractivity contribution in [3.8, 4) is 0 Å². The molecule has 0 unspecified atom stereocenters. The number of nitrogens with one attached hydrogen (secondary N) is 1. The topological polar surface area (TPSA) is 81.1 Å². The molecule has 0 aliphatic rings. The number of carbonyl (C=O) groups is 1. The standard InChI is InChI=1S/C11H18ClN3O3S/c1-3-5-9-14-11(19(12,17)18)8-15(9)7-10(16)13-6-4-2/h8H,3-7H2,1-2H3,(H,13,16). The molecule has 0 radical (unpaired) electrons. The van der Waals surface area contributed by atoms with E-state index in [1.54, 1.807) is 0 Å². The fourth-order valence-corrected chi connectivity index (χ4v) is 2.27. The van der Waals surface area contributed by atoms with Crippen LogP contribution in [0.4, 0.5) is 0 Å². The fraction of sp³-hybridized carbons (Fsp3) is 0.636. The van der Waals surface area contributed by atoms with Gasteiger partial charge in [0.05, 0.1) is 0 Å². The van der Waals surface area contributed by atoms with E-state index >= 15 is 0 Å². The van der Waals surface area contributed by atoms with Crippen LogP contribution in [0.25, 0.3) is 0 Å². The van der Waals surface area contributed by atoms with Crippen LogP contribution in [0.2, 0.25) is 0 Å². The van der Waals surface area contributed by atoms with E-state index in [1.807, 2.05) is 13.8 Å². The molecule has 0 saturated carbocycles. The molecule has 8 heteroatoms. The number of halogens is 1. The molecule has 1 aromatic heterocycles. The van der Waals surface area contributed by atoms with Crippen molar-refractivity contribution < 1.29 is 13.2 Å². The SMILES string of the molecule is CCCNC(=O)Cn1cc(S(=O)(=O)Cl)nc1CCC. The third kappa shape index (κ3) is 4.83. The number of amides is 1. The van der Waals surface area contributed by atoms with Gasteiger partial charge in [-0.15, -0.1) is 0 Å². The van der Waals surface area contributed by atoms with Crippen LogP contribution in [0.15, 0.2) is 11.2 Å². The molecule has 0 aliphatic heterocycles. The molecule has 6 nitrogen and oxygen atoms in total. The number of rotatable bonds is 7. The van der Waals surface area contributed by atoms with Gasteiger partial charge in [-0.05, 0) is 12.8 Å². The van der Waals surface area contributed by atoms with Gasteiger partial charge in [-0.1, -0.05) is 13.8 Å². The van der Waals surface area contributed by atoms with E-state index in [0.717, 1.165) is 12.8 Å². The van der Waals surface area contributed by atoms with E-state index in [1.165, 1.54) is 10.8 Å². The maximum absolute atomic E-state index is 11.6. The Bertz CT molecular complexity index is 539. The lowest BCUT2D eigenvalue weighted by atomic mass is 10.3. The van der Waals surface area contributed by atoms with E-state index in [4.69, 9.17) is 10.7 Å². The van der Waals surface area contributed by atoms with Gasteiger partial charge in [-0.25, -0.2) is 13.4 Å². The van der Waals surface area contributed by atoms with E-state index in [0.29, 0.717) is 18.8 Å². The quantitative estimate of drug-likeness (QED) is 0.770. The summed E-state index contributed by atoms with van der Waals surface area (Å²) in [6.45, 7) is 4.55. The van der Waals surface area contributed by atoms with Gasteiger partial charge in [0, 0.05) is 29.8 Å². The second-order valence-electron chi connectivity index (χ2n) is 4.16. The Kier molecular flexibility index (Phi) is 5.81. The lowest BCUT2D eigenvalue weighted by Gasteiger charge is -2.07. The first-order valence-corrected chi connectivity index (χ1v) is 8.46. The first-order chi connectivity index (χ1) is 8.88. The van der Waals surface area contributed by atoms with Gasteiger partial charge in [-0.2, -0.15) is 0 Å². The summed E-state index contributed by atoms with van der Waals surface area (Å²) in [6, 6.07) is 0. The van der Waals surface area contributed by atoms with Gasteiger partial charge in [-0.3, -0.25) is 4.79 Å². The highest BCUT2D eigenvalue weighted by molar-refractivity contribution is 8.13. The van der Waals surface area contributed by atoms with Crippen molar-refractivity contribution in [2.24, 2.45) is 0 Å². The predicted octanol–water partition coefficient (Wildman–Crippen LogP) is 1.29. The molecule has 0 spiro atoms. The van der Waals surface area contributed by atoms with E-state index in [-0.39, 0.29) is 17.5 Å². The van der Waals surface area contributed by atoms with Gasteiger partial charge in [0.1, 0.15) is 12.4 Å². The van der Waals surface area contributed by atoms with E-state index in [9.17, 15) is 13.2 Å². The highest BCUT2D eigenvalue weighted by Crippen LogP contribution is 2.15. The molecule has 1 heterocycles. The normalized spacial score (nSPS) is 11.5. The summed E-state index contributed by atoms with van der Waals surface area (Å²) in [7, 11) is 1.39. The average Bonchev–Trinajstić information content (AvgIpc) is 2.70. The molecule has 0 bridgehead atoms. The van der Waals surface area contributed by atoms with E-state index < -0.39 is 9.05 Å². The summed E-state index contributed by atoms with van der Waals surface area (Å²) < 4.78 is 24.0. The summed E-state index contributed by atoms with van der Waals surface area (Å²) in [4.78, 5) is 15.6. The zero-order valence-corrected chi connectivity index (χ0v) is 12.6. The van der Waals surface area contributed by atoms with Gasteiger partial charge < -0.3 is 9.88 Å². The van der Waals surface area contributed by atoms with Crippen molar-refractivity contribution in [3.05, 3.63) is 12.0 Å². The molecule has 0 aliphatic carbocycles. The maximum Gasteiger partial charge on any atom is 0.280 e. The molecule has 1 N–H and O–H groups in total. The molecule has 1 aromatic rings. The first kappa shape index (κ1) is 16.0. The van der Waals surface area contributed by atoms with Crippen LogP contribution in [0.1, 0.15) is 32.5 Å². The van der Waals surface area contributed by atoms with Crippen molar-refractivity contribution in [3.63, 3.8) is 0 Å². The predicted molar refractivity (Wildman–Crippen MR) is 72.6 cm³/mol. The van der Waals surface area contributed by atoms with Gasteiger partial charge in [0.25, 0.3) is 9.05 Å². The number of nitrogens with zero attached hydrogens (tertiary/aromatic N) is 2. The lowest BCUT2D eigenvalue weighted by Crippen LogP contribution is -2.28. The molecule has 108 valence electrons. The molecule has 0 atom stereocenters. The molecule has 19 heavy (non-hydrogen) atoms.